The number of halogens is 7. The van der Waals surface area contributed by atoms with Gasteiger partial charge in [0.05, 0.1) is 40.3 Å². The molecular weight excluding hydrogens is 1200 g/mol. The highest BCUT2D eigenvalue weighted by Crippen LogP contribution is 2.44. The summed E-state index contributed by atoms with van der Waals surface area (Å²) >= 11 is 18.8. The molecule has 7 aromatic carbocycles. The summed E-state index contributed by atoms with van der Waals surface area (Å²) in [6.07, 6.45) is 0.191. The summed E-state index contributed by atoms with van der Waals surface area (Å²) in [7, 11) is 0. The molecule has 0 spiro atoms. The van der Waals surface area contributed by atoms with E-state index in [1.165, 1.54) is 17.6 Å². The molecule has 3 aromatic heterocycles. The van der Waals surface area contributed by atoms with Gasteiger partial charge in [-0.25, -0.2) is 14.6 Å². The Bertz CT molecular complexity index is 3790. The van der Waals surface area contributed by atoms with Crippen LogP contribution in [0.4, 0.5) is 18.9 Å². The molecule has 0 aliphatic heterocycles. The predicted octanol–water partition coefficient (Wildman–Crippen LogP) is 15.4. The smallest absolute Gasteiger partial charge is 0.303 e. The van der Waals surface area contributed by atoms with Crippen LogP contribution >= 0.6 is 61.9 Å². The van der Waals surface area contributed by atoms with Crippen molar-refractivity contribution in [2.24, 2.45) is 5.11 Å². The fourth-order valence-electron chi connectivity index (χ4n) is 8.70. The third-order valence-electron chi connectivity index (χ3n) is 12.5. The normalized spacial score (nSPS) is 11.5. The number of azide groups is 1. The van der Waals surface area contributed by atoms with Crippen LogP contribution in [0.3, 0.4) is 0 Å². The van der Waals surface area contributed by atoms with Gasteiger partial charge in [-0.3, -0.25) is 9.59 Å². The van der Waals surface area contributed by atoms with Crippen LogP contribution in [0.2, 0.25) is 10.0 Å². The molecule has 0 aliphatic carbocycles. The number of aromatic nitrogens is 7. The summed E-state index contributed by atoms with van der Waals surface area (Å²) in [6.45, 7) is 5.06. The molecular formula is C59H46Br2Cl2F3N10O2P. The second-order valence-electron chi connectivity index (χ2n) is 17.7. The summed E-state index contributed by atoms with van der Waals surface area (Å²) in [6, 6.07) is 55.0. The Labute approximate surface area is 480 Å². The lowest BCUT2D eigenvalue weighted by Crippen LogP contribution is -2.30. The molecule has 79 heavy (non-hydrogen) atoms. The van der Waals surface area contributed by atoms with E-state index >= 15 is 0 Å². The zero-order valence-electron chi connectivity index (χ0n) is 42.5. The molecule has 398 valence electrons. The van der Waals surface area contributed by atoms with E-state index in [0.717, 1.165) is 65.8 Å². The number of carbonyl (C=O) groups is 2. The lowest BCUT2D eigenvalue weighted by atomic mass is 9.98. The van der Waals surface area contributed by atoms with Gasteiger partial charge in [-0.1, -0.05) is 175 Å². The average molecular weight is 1250 g/mol. The molecule has 12 nitrogen and oxygen atoms in total. The molecule has 1 atom stereocenters. The van der Waals surface area contributed by atoms with E-state index in [9.17, 15) is 22.8 Å². The molecule has 10 aromatic rings. The van der Waals surface area contributed by atoms with E-state index in [0.29, 0.717) is 20.7 Å². The summed E-state index contributed by atoms with van der Waals surface area (Å²) in [4.78, 5) is 37.1. The van der Waals surface area contributed by atoms with Crippen LogP contribution in [0.15, 0.2) is 209 Å². The first kappa shape index (κ1) is 57.6. The lowest BCUT2D eigenvalue weighted by molar-refractivity contribution is -0.141. The number of rotatable bonds is 12. The first-order chi connectivity index (χ1) is 37.9. The maximum absolute atomic E-state index is 13.4. The minimum atomic E-state index is -4.52. The van der Waals surface area contributed by atoms with Gasteiger partial charge in [0, 0.05) is 47.8 Å². The fourth-order valence-corrected chi connectivity index (χ4v) is 13.4. The molecule has 0 amide bonds. The number of benzene rings is 7. The standard InChI is InChI=1S/C27H20ClO2P.C21H19BrClN5.C11H7BrF3N5/c28-22-18-16-21(17-19-22)27(30)26(29)20-31(23-10-4-1-5-11-23,24-12-6-2-7-13-24)25-14-8-3-9-15-25;1-13-12-27(15(3)25-13)19-9-6-17(22)10-20(19)28-21(11-24-26-28)14(2)16-4-7-18(23)8-5-16;1-6-17-10(11(13,14)15)5-20(6)9-3-2-7(12)4-8(9)18-19-16/h1-20H;4-12,14H,1-3H3;2-5H,1H3. The lowest BCUT2D eigenvalue weighted by Gasteiger charge is -2.28. The van der Waals surface area contributed by atoms with Crippen LogP contribution in [0, 0.1) is 20.8 Å². The highest BCUT2D eigenvalue weighted by Gasteiger charge is 2.35. The van der Waals surface area contributed by atoms with E-state index in [2.05, 4.69) is 85.8 Å². The van der Waals surface area contributed by atoms with Gasteiger partial charge in [-0.15, -0.1) is 5.10 Å². The first-order valence-corrected chi connectivity index (χ1v) is 28.3. The van der Waals surface area contributed by atoms with Crippen LogP contribution in [-0.4, -0.2) is 51.5 Å². The first-order valence-electron chi connectivity index (χ1n) is 24.1. The Hall–Kier alpha value is -7.62. The number of nitrogens with zero attached hydrogens (tertiary/aromatic N) is 10. The molecule has 1 unspecified atom stereocenters. The quantitative estimate of drug-likeness (QED) is 0.0297. The number of alkyl halides is 3. The third-order valence-corrected chi connectivity index (χ3v) is 17.9. The van der Waals surface area contributed by atoms with Crippen molar-refractivity contribution in [2.75, 3.05) is 0 Å². The van der Waals surface area contributed by atoms with Crippen molar-refractivity contribution < 1.29 is 22.8 Å². The Morgan fingerprint density at radius 2 is 1.18 bits per heavy atom. The van der Waals surface area contributed by atoms with Crippen LogP contribution in [0.5, 0.6) is 0 Å². The van der Waals surface area contributed by atoms with Crippen molar-refractivity contribution in [1.29, 1.82) is 0 Å². The number of hydrogen-bond acceptors (Lipinski definition) is 7. The monoisotopic (exact) mass is 1240 g/mol. The number of aryl methyl sites for hydroxylation is 3. The largest absolute Gasteiger partial charge is 0.434 e. The number of carbonyl (C=O) groups excluding carboxylic acids is 2. The number of hydrogen-bond donors (Lipinski definition) is 0. The molecule has 0 saturated heterocycles. The summed E-state index contributed by atoms with van der Waals surface area (Å²) < 4.78 is 44.8. The Balaban J connectivity index is 0.000000160. The van der Waals surface area contributed by atoms with Gasteiger partial charge in [-0.2, -0.15) is 13.2 Å². The summed E-state index contributed by atoms with van der Waals surface area (Å²) in [5, 5.41) is 16.4. The van der Waals surface area contributed by atoms with E-state index in [1.807, 2.05) is 152 Å². The summed E-state index contributed by atoms with van der Waals surface area (Å²) in [5.41, 5.74) is 13.4. The zero-order chi connectivity index (χ0) is 56.4. The minimum absolute atomic E-state index is 0.102. The highest BCUT2D eigenvalue weighted by atomic mass is 79.9. The van der Waals surface area contributed by atoms with E-state index in [1.54, 1.807) is 42.2 Å². The molecule has 0 bridgehead atoms. The number of Topliss-reactive ketones (excluding diaryl/α,β-unsaturated/α-hetero) is 2. The van der Waals surface area contributed by atoms with Gasteiger partial charge < -0.3 is 9.13 Å². The van der Waals surface area contributed by atoms with Gasteiger partial charge in [0.25, 0.3) is 0 Å². The third kappa shape index (κ3) is 13.5. The van der Waals surface area contributed by atoms with Crippen LogP contribution in [0.1, 0.15) is 57.5 Å². The number of ketones is 2. The maximum Gasteiger partial charge on any atom is 0.434 e. The van der Waals surface area contributed by atoms with Crippen LogP contribution in [0.25, 0.3) is 27.5 Å². The molecule has 0 saturated carbocycles. The van der Waals surface area contributed by atoms with E-state index < -0.39 is 30.3 Å². The van der Waals surface area contributed by atoms with Gasteiger partial charge >= 0.3 is 6.18 Å². The van der Waals surface area contributed by atoms with E-state index in [-0.39, 0.29) is 17.4 Å². The topological polar surface area (TPSA) is 149 Å². The van der Waals surface area contributed by atoms with Crippen molar-refractivity contribution in [3.63, 3.8) is 0 Å². The zero-order valence-corrected chi connectivity index (χ0v) is 48.1. The highest BCUT2D eigenvalue weighted by molar-refractivity contribution is 9.10. The van der Waals surface area contributed by atoms with Crippen molar-refractivity contribution in [3.8, 4) is 17.1 Å². The van der Waals surface area contributed by atoms with E-state index in [4.69, 9.17) is 28.7 Å². The van der Waals surface area contributed by atoms with Crippen molar-refractivity contribution in [1.82, 2.24) is 34.1 Å². The fraction of sp³-hybridized carbons (Fsp3) is 0.102. The SMILES string of the molecule is Cc1cn(-c2ccc(Br)cc2-n2nncc2C(C)c2ccc(Cl)cc2)c(C)n1.Cc1nc(C(F)(F)F)cn1-c1ccc(Br)cc1N=[N+]=[N-].O=C(C=P(c1ccccc1)(c1ccccc1)c1ccccc1)C(=O)c1ccc(Cl)cc1. The van der Waals surface area contributed by atoms with Gasteiger partial charge in [0.2, 0.25) is 11.6 Å². The molecule has 0 fully saturated rings. The second-order valence-corrected chi connectivity index (χ2v) is 23.7. The summed E-state index contributed by atoms with van der Waals surface area (Å²) in [5.74, 6) is 1.77. The van der Waals surface area contributed by atoms with Crippen molar-refractivity contribution in [2.45, 2.75) is 39.8 Å². The molecule has 20 heteroatoms. The van der Waals surface area contributed by atoms with Crippen molar-refractivity contribution in [3.05, 3.63) is 264 Å². The molecule has 0 N–H and O–H groups in total. The van der Waals surface area contributed by atoms with Crippen LogP contribution < -0.4 is 15.9 Å². The van der Waals surface area contributed by atoms with Gasteiger partial charge in [-0.05, 0) is 133 Å². The maximum atomic E-state index is 13.4. The van der Waals surface area contributed by atoms with Crippen molar-refractivity contribution >= 4 is 101 Å². The Morgan fingerprint density at radius 3 is 1.68 bits per heavy atom. The average Bonchev–Trinajstić information content (AvgIpc) is 4.30. The molecule has 0 radical (unpaired) electrons. The van der Waals surface area contributed by atoms with Crippen LogP contribution in [-0.2, 0) is 11.0 Å². The number of imidazole rings is 2. The molecule has 0 aliphatic rings. The van der Waals surface area contributed by atoms with Gasteiger partial charge in [0.1, 0.15) is 11.6 Å². The predicted molar refractivity (Wildman–Crippen MR) is 316 cm³/mol. The Morgan fingerprint density at radius 1 is 0.671 bits per heavy atom. The van der Waals surface area contributed by atoms with Gasteiger partial charge in [0.15, 0.2) is 5.69 Å². The molecule has 10 rings (SSSR count). The Kier molecular flexibility index (Phi) is 18.5. The minimum Gasteiger partial charge on any atom is -0.303 e. The second kappa shape index (κ2) is 25.4. The molecule has 3 heterocycles.